The standard InChI is InChI=1S/C11H13N3O5S/c1-20(17,18)19-7-8-4-9(6-12-5-8)14-3-2-10(15)13-11(14)16/h4-6H,2-3,7H2,1H3,(H,13,15,16). The first-order valence-electron chi connectivity index (χ1n) is 5.75. The molecule has 9 heteroatoms. The molecule has 0 aliphatic carbocycles. The third-order valence-corrected chi connectivity index (χ3v) is 3.13. The Morgan fingerprint density at radius 3 is 2.80 bits per heavy atom. The average Bonchev–Trinajstić information content (AvgIpc) is 2.36. The molecule has 0 atom stereocenters. The zero-order chi connectivity index (χ0) is 14.8. The first-order valence-corrected chi connectivity index (χ1v) is 7.56. The van der Waals surface area contributed by atoms with E-state index in [1.165, 1.54) is 17.3 Å². The van der Waals surface area contributed by atoms with E-state index < -0.39 is 16.1 Å². The summed E-state index contributed by atoms with van der Waals surface area (Å²) in [5, 5.41) is 2.20. The average molecular weight is 299 g/mol. The fraction of sp³-hybridized carbons (Fsp3) is 0.364. The molecule has 3 amide bonds. The van der Waals surface area contributed by atoms with Crippen molar-refractivity contribution in [3.05, 3.63) is 24.0 Å². The Morgan fingerprint density at radius 1 is 1.40 bits per heavy atom. The van der Waals surface area contributed by atoms with Crippen molar-refractivity contribution in [3.8, 4) is 0 Å². The number of hydrogen-bond acceptors (Lipinski definition) is 6. The van der Waals surface area contributed by atoms with Crippen LogP contribution >= 0.6 is 0 Å². The second kappa shape index (κ2) is 5.55. The second-order valence-electron chi connectivity index (χ2n) is 4.27. The Hall–Kier alpha value is -2.00. The zero-order valence-electron chi connectivity index (χ0n) is 10.7. The smallest absolute Gasteiger partial charge is 0.292 e. The number of anilines is 1. The number of rotatable bonds is 4. The third kappa shape index (κ3) is 3.75. The molecule has 0 spiro atoms. The van der Waals surface area contributed by atoms with Crippen molar-refractivity contribution < 1.29 is 22.2 Å². The summed E-state index contributed by atoms with van der Waals surface area (Å²) in [4.78, 5) is 28.0. The van der Waals surface area contributed by atoms with Crippen molar-refractivity contribution in [2.45, 2.75) is 13.0 Å². The fourth-order valence-electron chi connectivity index (χ4n) is 1.69. The van der Waals surface area contributed by atoms with Crippen LogP contribution in [0.3, 0.4) is 0 Å². The van der Waals surface area contributed by atoms with Crippen molar-refractivity contribution in [2.75, 3.05) is 17.7 Å². The molecule has 1 fully saturated rings. The van der Waals surface area contributed by atoms with Crippen LogP contribution in [0.1, 0.15) is 12.0 Å². The Morgan fingerprint density at radius 2 is 2.15 bits per heavy atom. The number of aromatic nitrogens is 1. The number of nitrogens with zero attached hydrogens (tertiary/aromatic N) is 2. The zero-order valence-corrected chi connectivity index (χ0v) is 11.5. The van der Waals surface area contributed by atoms with Gasteiger partial charge in [-0.3, -0.25) is 24.2 Å². The maximum absolute atomic E-state index is 11.7. The highest BCUT2D eigenvalue weighted by molar-refractivity contribution is 7.85. The number of carbonyl (C=O) groups is 2. The van der Waals surface area contributed by atoms with Crippen LogP contribution in [0.2, 0.25) is 0 Å². The highest BCUT2D eigenvalue weighted by Crippen LogP contribution is 2.18. The Bertz CT molecular complexity index is 643. The van der Waals surface area contributed by atoms with Crippen LogP contribution < -0.4 is 10.2 Å². The van der Waals surface area contributed by atoms with Gasteiger partial charge in [-0.15, -0.1) is 0 Å². The molecule has 0 radical (unpaired) electrons. The summed E-state index contributed by atoms with van der Waals surface area (Å²) in [7, 11) is -3.54. The lowest BCUT2D eigenvalue weighted by Gasteiger charge is -2.26. The summed E-state index contributed by atoms with van der Waals surface area (Å²) in [5.74, 6) is -0.323. The number of amides is 3. The van der Waals surface area contributed by atoms with Gasteiger partial charge in [0.1, 0.15) is 0 Å². The van der Waals surface area contributed by atoms with Gasteiger partial charge in [-0.05, 0) is 11.6 Å². The molecule has 20 heavy (non-hydrogen) atoms. The van der Waals surface area contributed by atoms with Gasteiger partial charge in [0, 0.05) is 19.2 Å². The Balaban J connectivity index is 2.13. The molecular formula is C11H13N3O5S. The highest BCUT2D eigenvalue weighted by Gasteiger charge is 2.24. The van der Waals surface area contributed by atoms with Gasteiger partial charge in [-0.2, -0.15) is 8.42 Å². The minimum Gasteiger partial charge on any atom is -0.292 e. The second-order valence-corrected chi connectivity index (χ2v) is 5.92. The van der Waals surface area contributed by atoms with Gasteiger partial charge in [0.05, 0.1) is 24.7 Å². The summed E-state index contributed by atoms with van der Waals surface area (Å²) >= 11 is 0. The summed E-state index contributed by atoms with van der Waals surface area (Å²) in [6, 6.07) is 1.07. The number of carbonyl (C=O) groups excluding carboxylic acids is 2. The van der Waals surface area contributed by atoms with Crippen molar-refractivity contribution in [3.63, 3.8) is 0 Å². The van der Waals surface area contributed by atoms with Crippen LogP contribution in [0.15, 0.2) is 18.5 Å². The Labute approximate surface area is 115 Å². The lowest BCUT2D eigenvalue weighted by Crippen LogP contribution is -2.49. The predicted molar refractivity (Wildman–Crippen MR) is 69.4 cm³/mol. The maximum atomic E-state index is 11.7. The highest BCUT2D eigenvalue weighted by atomic mass is 32.2. The molecule has 1 N–H and O–H groups in total. The first kappa shape index (κ1) is 14.4. The van der Waals surface area contributed by atoms with Gasteiger partial charge < -0.3 is 0 Å². The molecule has 1 aliphatic heterocycles. The number of nitrogens with one attached hydrogen (secondary N) is 1. The molecule has 2 heterocycles. The van der Waals surface area contributed by atoms with E-state index >= 15 is 0 Å². The van der Waals surface area contributed by atoms with E-state index in [1.54, 1.807) is 6.07 Å². The monoisotopic (exact) mass is 299 g/mol. The largest absolute Gasteiger partial charge is 0.328 e. The number of pyridine rings is 1. The van der Waals surface area contributed by atoms with E-state index in [4.69, 9.17) is 0 Å². The van der Waals surface area contributed by atoms with E-state index in [0.717, 1.165) is 6.26 Å². The van der Waals surface area contributed by atoms with Crippen LogP contribution in [0.4, 0.5) is 10.5 Å². The minimum atomic E-state index is -3.54. The lowest BCUT2D eigenvalue weighted by molar-refractivity contribution is -0.120. The molecule has 1 aromatic heterocycles. The normalized spacial score (nSPS) is 16.1. The maximum Gasteiger partial charge on any atom is 0.328 e. The van der Waals surface area contributed by atoms with E-state index in [1.807, 2.05) is 0 Å². The number of imide groups is 1. The van der Waals surface area contributed by atoms with Crippen molar-refractivity contribution in [2.24, 2.45) is 0 Å². The van der Waals surface area contributed by atoms with Gasteiger partial charge in [0.2, 0.25) is 5.91 Å². The topological polar surface area (TPSA) is 106 Å². The molecule has 2 rings (SSSR count). The van der Waals surface area contributed by atoms with Crippen LogP contribution in [0, 0.1) is 0 Å². The molecule has 8 nitrogen and oxygen atoms in total. The lowest BCUT2D eigenvalue weighted by atomic mass is 10.2. The van der Waals surface area contributed by atoms with E-state index in [2.05, 4.69) is 14.5 Å². The van der Waals surface area contributed by atoms with Crippen LogP contribution in [-0.2, 0) is 25.7 Å². The van der Waals surface area contributed by atoms with Crippen molar-refractivity contribution in [1.29, 1.82) is 0 Å². The van der Waals surface area contributed by atoms with Crippen LogP contribution in [-0.4, -0.2) is 38.1 Å². The van der Waals surface area contributed by atoms with E-state index in [-0.39, 0.29) is 25.5 Å². The van der Waals surface area contributed by atoms with Crippen LogP contribution in [0.25, 0.3) is 0 Å². The van der Waals surface area contributed by atoms with Crippen molar-refractivity contribution >= 4 is 27.7 Å². The van der Waals surface area contributed by atoms with Gasteiger partial charge in [0.25, 0.3) is 10.1 Å². The van der Waals surface area contributed by atoms with E-state index in [0.29, 0.717) is 11.3 Å². The molecule has 0 bridgehead atoms. The molecule has 0 saturated carbocycles. The molecule has 1 aromatic rings. The van der Waals surface area contributed by atoms with Gasteiger partial charge in [-0.25, -0.2) is 4.79 Å². The number of urea groups is 1. The molecular weight excluding hydrogens is 286 g/mol. The van der Waals surface area contributed by atoms with Gasteiger partial charge in [-0.1, -0.05) is 0 Å². The molecule has 108 valence electrons. The van der Waals surface area contributed by atoms with Crippen LogP contribution in [0.5, 0.6) is 0 Å². The predicted octanol–water partition coefficient (Wildman–Crippen LogP) is 0.00410. The fourth-order valence-corrected chi connectivity index (χ4v) is 2.04. The van der Waals surface area contributed by atoms with E-state index in [9.17, 15) is 18.0 Å². The number of hydrogen-bond donors (Lipinski definition) is 1. The first-order chi connectivity index (χ1) is 9.35. The van der Waals surface area contributed by atoms with Gasteiger partial charge >= 0.3 is 6.03 Å². The Kier molecular flexibility index (Phi) is 4.00. The summed E-state index contributed by atoms with van der Waals surface area (Å²) < 4.78 is 26.5. The minimum absolute atomic E-state index is 0.159. The SMILES string of the molecule is CS(=O)(=O)OCc1cncc(N2CCC(=O)NC2=O)c1. The summed E-state index contributed by atoms with van der Waals surface area (Å²) in [6.07, 6.45) is 4.06. The molecule has 0 aromatic carbocycles. The van der Waals surface area contributed by atoms with Gasteiger partial charge in [0.15, 0.2) is 0 Å². The molecule has 0 unspecified atom stereocenters. The van der Waals surface area contributed by atoms with Crippen molar-refractivity contribution in [1.82, 2.24) is 10.3 Å². The molecule has 1 saturated heterocycles. The summed E-state index contributed by atoms with van der Waals surface area (Å²) in [6.45, 7) is 0.0940. The third-order valence-electron chi connectivity index (χ3n) is 2.59. The quantitative estimate of drug-likeness (QED) is 0.785. The molecule has 1 aliphatic rings. The summed E-state index contributed by atoms with van der Waals surface area (Å²) in [5.41, 5.74) is 0.988.